The summed E-state index contributed by atoms with van der Waals surface area (Å²) in [6.45, 7) is 5.65. The number of carbonyl (C=O) groups excluding carboxylic acids is 1. The molecule has 6 heteroatoms. The molecule has 0 unspecified atom stereocenters. The Hall–Kier alpha value is -2.68. The number of hydrogen-bond donors (Lipinski definition) is 3. The van der Waals surface area contributed by atoms with Gasteiger partial charge in [-0.3, -0.25) is 4.79 Å². The van der Waals surface area contributed by atoms with Crippen molar-refractivity contribution in [1.29, 1.82) is 0 Å². The largest absolute Gasteiger partial charge is 0.507 e. The average Bonchev–Trinajstić information content (AvgIpc) is 2.39. The Morgan fingerprint density at radius 3 is 2.61 bits per heavy atom. The number of carbonyl (C=O) groups is 2. The number of carboxylic acid groups (broad SMARTS) is 1. The third kappa shape index (κ3) is 7.77. The lowest BCUT2D eigenvalue weighted by Gasteiger charge is -2.19. The molecule has 0 saturated heterocycles. The van der Waals surface area contributed by atoms with E-state index in [0.29, 0.717) is 24.1 Å². The second-order valence-electron chi connectivity index (χ2n) is 5.90. The molecule has 1 aromatic rings. The van der Waals surface area contributed by atoms with Gasteiger partial charge in [-0.25, -0.2) is 4.79 Å². The van der Waals surface area contributed by atoms with E-state index in [1.807, 2.05) is 0 Å². The molecule has 23 heavy (non-hydrogen) atoms. The maximum absolute atomic E-state index is 11.4. The van der Waals surface area contributed by atoms with E-state index in [9.17, 15) is 14.7 Å². The van der Waals surface area contributed by atoms with Crippen LogP contribution in [0.15, 0.2) is 18.2 Å². The zero-order chi connectivity index (χ0) is 17.5. The van der Waals surface area contributed by atoms with E-state index < -0.39 is 17.7 Å². The topological polar surface area (TPSA) is 95.9 Å². The molecule has 124 valence electrons. The Morgan fingerprint density at radius 1 is 1.30 bits per heavy atom. The molecular formula is C17H21NO5. The SMILES string of the molecule is CC(C)(C)OC(=O)NCCC#Cc1cc(CC(=O)O)ccc1O. The van der Waals surface area contributed by atoms with Crippen LogP contribution < -0.4 is 5.32 Å². The molecule has 0 aliphatic carbocycles. The summed E-state index contributed by atoms with van der Waals surface area (Å²) in [6.07, 6.45) is -0.262. The van der Waals surface area contributed by atoms with E-state index in [1.165, 1.54) is 12.1 Å². The van der Waals surface area contributed by atoms with Crippen LogP contribution in [-0.4, -0.2) is 34.4 Å². The molecule has 0 aromatic heterocycles. The van der Waals surface area contributed by atoms with Gasteiger partial charge in [0, 0.05) is 13.0 Å². The zero-order valence-corrected chi connectivity index (χ0v) is 13.5. The van der Waals surface area contributed by atoms with Crippen molar-refractivity contribution < 1.29 is 24.5 Å². The number of phenolic OH excluding ortho intramolecular Hbond substituents is 1. The van der Waals surface area contributed by atoms with Gasteiger partial charge in [0.25, 0.3) is 0 Å². The first-order chi connectivity index (χ1) is 10.7. The quantitative estimate of drug-likeness (QED) is 0.584. The van der Waals surface area contributed by atoms with Gasteiger partial charge in [-0.05, 0) is 38.5 Å². The Kier molecular flexibility index (Phi) is 6.46. The summed E-state index contributed by atoms with van der Waals surface area (Å²) in [4.78, 5) is 22.1. The van der Waals surface area contributed by atoms with Crippen molar-refractivity contribution >= 4 is 12.1 Å². The third-order valence-corrected chi connectivity index (χ3v) is 2.56. The van der Waals surface area contributed by atoms with Crippen LogP contribution in [0.1, 0.15) is 38.3 Å². The molecule has 0 spiro atoms. The lowest BCUT2D eigenvalue weighted by atomic mass is 10.1. The van der Waals surface area contributed by atoms with Gasteiger partial charge in [0.2, 0.25) is 0 Å². The maximum Gasteiger partial charge on any atom is 0.407 e. The zero-order valence-electron chi connectivity index (χ0n) is 13.5. The molecule has 0 fully saturated rings. The number of hydrogen-bond acceptors (Lipinski definition) is 4. The number of amides is 1. The number of aromatic hydroxyl groups is 1. The molecular weight excluding hydrogens is 298 g/mol. The molecule has 0 saturated carbocycles. The molecule has 0 atom stereocenters. The third-order valence-electron chi connectivity index (χ3n) is 2.56. The Morgan fingerprint density at radius 2 is 2.00 bits per heavy atom. The predicted octanol–water partition coefficient (Wildman–Crippen LogP) is 2.29. The highest BCUT2D eigenvalue weighted by molar-refractivity contribution is 5.70. The molecule has 6 nitrogen and oxygen atoms in total. The van der Waals surface area contributed by atoms with E-state index in [-0.39, 0.29) is 12.2 Å². The molecule has 1 rings (SSSR count). The van der Waals surface area contributed by atoms with E-state index in [4.69, 9.17) is 9.84 Å². The summed E-state index contributed by atoms with van der Waals surface area (Å²) in [5, 5.41) is 21.0. The van der Waals surface area contributed by atoms with Crippen molar-refractivity contribution in [2.75, 3.05) is 6.54 Å². The van der Waals surface area contributed by atoms with Crippen LogP contribution in [0.4, 0.5) is 4.79 Å². The van der Waals surface area contributed by atoms with E-state index >= 15 is 0 Å². The van der Waals surface area contributed by atoms with Crippen LogP contribution in [0.2, 0.25) is 0 Å². The fraction of sp³-hybridized carbons (Fsp3) is 0.412. The number of carboxylic acids is 1. The smallest absolute Gasteiger partial charge is 0.407 e. The maximum atomic E-state index is 11.4. The normalized spacial score (nSPS) is 10.4. The number of ether oxygens (including phenoxy) is 1. The summed E-state index contributed by atoms with van der Waals surface area (Å²) in [5.74, 6) is 4.62. The van der Waals surface area contributed by atoms with Crippen LogP contribution in [0.25, 0.3) is 0 Å². The number of nitrogens with one attached hydrogen (secondary N) is 1. The highest BCUT2D eigenvalue weighted by Gasteiger charge is 2.15. The summed E-state index contributed by atoms with van der Waals surface area (Å²) in [6, 6.07) is 4.50. The van der Waals surface area contributed by atoms with Crippen molar-refractivity contribution in [3.8, 4) is 17.6 Å². The molecule has 1 aromatic carbocycles. The lowest BCUT2D eigenvalue weighted by molar-refractivity contribution is -0.136. The minimum atomic E-state index is -0.948. The van der Waals surface area contributed by atoms with Crippen LogP contribution in [0, 0.1) is 11.8 Å². The van der Waals surface area contributed by atoms with Gasteiger partial charge in [-0.2, -0.15) is 0 Å². The number of aliphatic carboxylic acids is 1. The first-order valence-corrected chi connectivity index (χ1v) is 7.17. The first kappa shape index (κ1) is 18.4. The Labute approximate surface area is 135 Å². The van der Waals surface area contributed by atoms with Gasteiger partial charge in [0.15, 0.2) is 0 Å². The fourth-order valence-corrected chi connectivity index (χ4v) is 1.67. The molecule has 0 aliphatic rings. The van der Waals surface area contributed by atoms with E-state index in [1.54, 1.807) is 26.8 Å². The molecule has 3 N–H and O–H groups in total. The molecule has 1 amide bonds. The highest BCUT2D eigenvalue weighted by Crippen LogP contribution is 2.17. The molecule has 0 heterocycles. The highest BCUT2D eigenvalue weighted by atomic mass is 16.6. The minimum Gasteiger partial charge on any atom is -0.507 e. The summed E-state index contributed by atoms with van der Waals surface area (Å²) in [7, 11) is 0. The van der Waals surface area contributed by atoms with Crippen LogP contribution in [0.3, 0.4) is 0 Å². The van der Waals surface area contributed by atoms with E-state index in [2.05, 4.69) is 17.2 Å². The Balaban J connectivity index is 2.53. The van der Waals surface area contributed by atoms with Gasteiger partial charge in [-0.1, -0.05) is 17.9 Å². The predicted molar refractivity (Wildman–Crippen MR) is 85.2 cm³/mol. The summed E-state index contributed by atoms with van der Waals surface area (Å²) >= 11 is 0. The van der Waals surface area contributed by atoms with Crippen molar-refractivity contribution in [3.63, 3.8) is 0 Å². The first-order valence-electron chi connectivity index (χ1n) is 7.17. The van der Waals surface area contributed by atoms with E-state index in [0.717, 1.165) is 0 Å². The average molecular weight is 319 g/mol. The molecule has 0 radical (unpaired) electrons. The molecule has 0 bridgehead atoms. The number of rotatable bonds is 4. The number of phenols is 1. The van der Waals surface area contributed by atoms with Gasteiger partial charge >= 0.3 is 12.1 Å². The van der Waals surface area contributed by atoms with Crippen LogP contribution in [0.5, 0.6) is 5.75 Å². The molecule has 0 aliphatic heterocycles. The monoisotopic (exact) mass is 319 g/mol. The lowest BCUT2D eigenvalue weighted by Crippen LogP contribution is -2.32. The minimum absolute atomic E-state index is 0.00765. The van der Waals surface area contributed by atoms with Crippen LogP contribution >= 0.6 is 0 Å². The van der Waals surface area contributed by atoms with Gasteiger partial charge in [-0.15, -0.1) is 0 Å². The van der Waals surface area contributed by atoms with Gasteiger partial charge in [0.1, 0.15) is 11.4 Å². The Bertz CT molecular complexity index is 635. The van der Waals surface area contributed by atoms with Crippen molar-refractivity contribution in [1.82, 2.24) is 5.32 Å². The second-order valence-corrected chi connectivity index (χ2v) is 5.90. The number of benzene rings is 1. The summed E-state index contributed by atoms with van der Waals surface area (Å²) < 4.78 is 5.08. The summed E-state index contributed by atoms with van der Waals surface area (Å²) in [5.41, 5.74) is 0.374. The van der Waals surface area contributed by atoms with Crippen molar-refractivity contribution in [2.45, 2.75) is 39.2 Å². The van der Waals surface area contributed by atoms with Crippen molar-refractivity contribution in [2.24, 2.45) is 0 Å². The standard InChI is InChI=1S/C17H21NO5/c1-17(2,3)23-16(22)18-9-5-4-6-13-10-12(11-15(20)21)7-8-14(13)19/h7-8,10,19H,5,9,11H2,1-3H3,(H,18,22)(H,20,21). The van der Waals surface area contributed by atoms with Gasteiger partial charge in [0.05, 0.1) is 12.0 Å². The second kappa shape index (κ2) is 8.08. The van der Waals surface area contributed by atoms with Crippen molar-refractivity contribution in [3.05, 3.63) is 29.3 Å². The number of alkyl carbamates (subject to hydrolysis) is 1. The van der Waals surface area contributed by atoms with Crippen LogP contribution in [-0.2, 0) is 16.0 Å². The van der Waals surface area contributed by atoms with Gasteiger partial charge < -0.3 is 20.3 Å². The fourth-order valence-electron chi connectivity index (χ4n) is 1.67.